The summed E-state index contributed by atoms with van der Waals surface area (Å²) in [6.45, 7) is 3.36. The van der Waals surface area contributed by atoms with Crippen LogP contribution in [0.15, 0.2) is 18.2 Å². The fourth-order valence-corrected chi connectivity index (χ4v) is 1.59. The van der Waals surface area contributed by atoms with Crippen LogP contribution in [0, 0.1) is 0 Å². The number of aromatic hydroxyl groups is 1. The first-order chi connectivity index (χ1) is 7.47. The van der Waals surface area contributed by atoms with Crippen LogP contribution in [0.25, 0.3) is 0 Å². The lowest BCUT2D eigenvalue weighted by Crippen LogP contribution is -2.31. The predicted octanol–water partition coefficient (Wildman–Crippen LogP) is 2.15. The summed E-state index contributed by atoms with van der Waals surface area (Å²) in [5, 5.41) is 19.1. The molecule has 88 valence electrons. The molecule has 0 heterocycles. The molecule has 0 amide bonds. The average molecular weight is 224 g/mol. The molecule has 0 saturated heterocycles. The third-order valence-corrected chi connectivity index (χ3v) is 2.99. The third-order valence-electron chi connectivity index (χ3n) is 2.99. The molecule has 4 nitrogen and oxygen atoms in total. The lowest BCUT2D eigenvalue weighted by atomic mass is 9.79. The molecule has 1 rings (SSSR count). The zero-order valence-electron chi connectivity index (χ0n) is 9.65. The second-order valence-corrected chi connectivity index (χ2v) is 3.85. The number of phenolic OH excluding ortho intramolecular Hbond substituents is 1. The molecule has 0 aliphatic rings. The number of benzene rings is 1. The molecule has 1 atom stereocenters. The minimum atomic E-state index is -1.10. The van der Waals surface area contributed by atoms with Crippen molar-refractivity contribution in [1.82, 2.24) is 0 Å². The van der Waals surface area contributed by atoms with Crippen LogP contribution in [0.2, 0.25) is 0 Å². The fourth-order valence-electron chi connectivity index (χ4n) is 1.59. The molecule has 16 heavy (non-hydrogen) atoms. The van der Waals surface area contributed by atoms with Gasteiger partial charge in [-0.15, -0.1) is 0 Å². The van der Waals surface area contributed by atoms with Gasteiger partial charge in [-0.25, -0.2) is 0 Å². The molecule has 0 fully saturated rings. The van der Waals surface area contributed by atoms with Crippen LogP contribution < -0.4 is 4.74 Å². The van der Waals surface area contributed by atoms with Crippen LogP contribution in [0.4, 0.5) is 0 Å². The maximum absolute atomic E-state index is 11.3. The zero-order valence-corrected chi connectivity index (χ0v) is 9.65. The number of phenols is 1. The molecule has 0 aliphatic carbocycles. The quantitative estimate of drug-likeness (QED) is 0.822. The van der Waals surface area contributed by atoms with Crippen molar-refractivity contribution in [2.75, 3.05) is 7.11 Å². The van der Waals surface area contributed by atoms with Crippen molar-refractivity contribution >= 4 is 5.97 Å². The van der Waals surface area contributed by atoms with Crippen molar-refractivity contribution in [2.24, 2.45) is 0 Å². The SMILES string of the molecule is CCC(C)(C(=O)O)c1cccc(OC)c1O. The normalized spacial score (nSPS) is 14.2. The number of ether oxygens (including phenoxy) is 1. The molecular weight excluding hydrogens is 208 g/mol. The van der Waals surface area contributed by atoms with Crippen LogP contribution in [0.3, 0.4) is 0 Å². The Kier molecular flexibility index (Phi) is 3.42. The van der Waals surface area contributed by atoms with Crippen LogP contribution in [-0.2, 0) is 10.2 Å². The summed E-state index contributed by atoms with van der Waals surface area (Å²) in [5.41, 5.74) is -0.722. The van der Waals surface area contributed by atoms with Gasteiger partial charge in [0.1, 0.15) is 0 Å². The maximum atomic E-state index is 11.3. The molecule has 0 spiro atoms. The minimum absolute atomic E-state index is 0.100. The Labute approximate surface area is 94.5 Å². The second kappa shape index (κ2) is 4.43. The largest absolute Gasteiger partial charge is 0.504 e. The van der Waals surface area contributed by atoms with Crippen LogP contribution >= 0.6 is 0 Å². The van der Waals surface area contributed by atoms with Gasteiger partial charge in [-0.3, -0.25) is 4.79 Å². The van der Waals surface area contributed by atoms with E-state index in [-0.39, 0.29) is 5.75 Å². The van der Waals surface area contributed by atoms with E-state index in [0.717, 1.165) is 0 Å². The van der Waals surface area contributed by atoms with E-state index in [9.17, 15) is 15.0 Å². The van der Waals surface area contributed by atoms with Gasteiger partial charge in [-0.2, -0.15) is 0 Å². The monoisotopic (exact) mass is 224 g/mol. The summed E-state index contributed by atoms with van der Waals surface area (Å²) in [7, 11) is 1.43. The van der Waals surface area contributed by atoms with E-state index in [1.54, 1.807) is 32.0 Å². The van der Waals surface area contributed by atoms with Crippen molar-refractivity contribution in [3.05, 3.63) is 23.8 Å². The zero-order chi connectivity index (χ0) is 12.3. The second-order valence-electron chi connectivity index (χ2n) is 3.85. The van der Waals surface area contributed by atoms with Gasteiger partial charge in [0.2, 0.25) is 0 Å². The highest BCUT2D eigenvalue weighted by atomic mass is 16.5. The molecule has 0 radical (unpaired) electrons. The van der Waals surface area contributed by atoms with E-state index in [4.69, 9.17) is 4.74 Å². The number of methoxy groups -OCH3 is 1. The van der Waals surface area contributed by atoms with Crippen molar-refractivity contribution in [3.8, 4) is 11.5 Å². The lowest BCUT2D eigenvalue weighted by Gasteiger charge is -2.25. The number of carboxylic acid groups (broad SMARTS) is 1. The van der Waals surface area contributed by atoms with Gasteiger partial charge in [0.25, 0.3) is 0 Å². The molecule has 0 aromatic heterocycles. The summed E-state index contributed by atoms with van der Waals surface area (Å²) in [5.74, 6) is -0.770. The van der Waals surface area contributed by atoms with Crippen LogP contribution in [0.5, 0.6) is 11.5 Å². The topological polar surface area (TPSA) is 66.8 Å². The van der Waals surface area contributed by atoms with Gasteiger partial charge in [0.15, 0.2) is 11.5 Å². The predicted molar refractivity (Wildman–Crippen MR) is 59.9 cm³/mol. The maximum Gasteiger partial charge on any atom is 0.313 e. The van der Waals surface area contributed by atoms with Gasteiger partial charge in [0, 0.05) is 5.56 Å². The average Bonchev–Trinajstić information content (AvgIpc) is 2.28. The smallest absolute Gasteiger partial charge is 0.313 e. The molecule has 4 heteroatoms. The number of rotatable bonds is 4. The van der Waals surface area contributed by atoms with Crippen molar-refractivity contribution in [2.45, 2.75) is 25.7 Å². The van der Waals surface area contributed by atoms with Crippen LogP contribution in [0.1, 0.15) is 25.8 Å². The van der Waals surface area contributed by atoms with Crippen molar-refractivity contribution < 1.29 is 19.7 Å². The number of para-hydroxylation sites is 1. The molecule has 1 aromatic rings. The Morgan fingerprint density at radius 2 is 2.12 bits per heavy atom. The molecular formula is C12H16O4. The molecule has 2 N–H and O–H groups in total. The summed E-state index contributed by atoms with van der Waals surface area (Å²) in [4.78, 5) is 11.3. The van der Waals surface area contributed by atoms with E-state index < -0.39 is 11.4 Å². The third kappa shape index (κ3) is 1.83. The highest BCUT2D eigenvalue weighted by molar-refractivity contribution is 5.82. The van der Waals surface area contributed by atoms with Gasteiger partial charge < -0.3 is 14.9 Å². The molecule has 0 bridgehead atoms. The van der Waals surface area contributed by atoms with Gasteiger partial charge >= 0.3 is 5.97 Å². The van der Waals surface area contributed by atoms with E-state index in [0.29, 0.717) is 17.7 Å². The molecule has 0 saturated carbocycles. The summed E-state index contributed by atoms with van der Waals surface area (Å²) >= 11 is 0. The standard InChI is InChI=1S/C12H16O4/c1-4-12(2,11(14)15)8-6-5-7-9(16-3)10(8)13/h5-7,13H,4H2,1-3H3,(H,14,15). The van der Waals surface area contributed by atoms with E-state index in [2.05, 4.69) is 0 Å². The number of hydrogen-bond donors (Lipinski definition) is 2. The Bertz CT molecular complexity index is 400. The van der Waals surface area contributed by atoms with Crippen LogP contribution in [-0.4, -0.2) is 23.3 Å². The Morgan fingerprint density at radius 1 is 1.50 bits per heavy atom. The first kappa shape index (κ1) is 12.4. The Balaban J connectivity index is 3.37. The van der Waals surface area contributed by atoms with E-state index in [1.165, 1.54) is 7.11 Å². The van der Waals surface area contributed by atoms with Crippen molar-refractivity contribution in [3.63, 3.8) is 0 Å². The number of hydrogen-bond acceptors (Lipinski definition) is 3. The number of aliphatic carboxylic acids is 1. The first-order valence-corrected chi connectivity index (χ1v) is 5.07. The first-order valence-electron chi connectivity index (χ1n) is 5.07. The molecule has 1 aromatic carbocycles. The van der Waals surface area contributed by atoms with Gasteiger partial charge in [0.05, 0.1) is 12.5 Å². The van der Waals surface area contributed by atoms with E-state index >= 15 is 0 Å². The Hall–Kier alpha value is -1.71. The Morgan fingerprint density at radius 3 is 2.56 bits per heavy atom. The minimum Gasteiger partial charge on any atom is -0.504 e. The van der Waals surface area contributed by atoms with Crippen molar-refractivity contribution in [1.29, 1.82) is 0 Å². The molecule has 1 unspecified atom stereocenters. The fraction of sp³-hybridized carbons (Fsp3) is 0.417. The molecule has 0 aliphatic heterocycles. The summed E-state index contributed by atoms with van der Waals surface area (Å²) < 4.78 is 4.96. The van der Waals surface area contributed by atoms with Gasteiger partial charge in [-0.1, -0.05) is 19.1 Å². The van der Waals surface area contributed by atoms with Gasteiger partial charge in [-0.05, 0) is 19.4 Å². The summed E-state index contributed by atoms with van der Waals surface area (Å²) in [6.07, 6.45) is 0.392. The highest BCUT2D eigenvalue weighted by Gasteiger charge is 2.36. The van der Waals surface area contributed by atoms with E-state index in [1.807, 2.05) is 0 Å². The number of carboxylic acids is 1. The summed E-state index contributed by atoms with van der Waals surface area (Å²) in [6, 6.07) is 4.87. The lowest BCUT2D eigenvalue weighted by molar-refractivity contribution is -0.143. The highest BCUT2D eigenvalue weighted by Crippen LogP contribution is 2.39. The number of carbonyl (C=O) groups is 1.